The zero-order chi connectivity index (χ0) is 13.8. The van der Waals surface area contributed by atoms with Gasteiger partial charge in [-0.25, -0.2) is 0 Å². The summed E-state index contributed by atoms with van der Waals surface area (Å²) in [4.78, 5) is 12.2. The maximum atomic E-state index is 5.73. The number of rotatable bonds is 4. The van der Waals surface area contributed by atoms with E-state index in [2.05, 4.69) is 20.3 Å². The van der Waals surface area contributed by atoms with Gasteiger partial charge in [-0.3, -0.25) is 0 Å². The van der Waals surface area contributed by atoms with E-state index in [0.29, 0.717) is 5.95 Å². The Hall–Kier alpha value is -1.24. The average Bonchev–Trinajstić information content (AvgIpc) is 2.38. The molecule has 0 aliphatic carbocycles. The highest BCUT2D eigenvalue weighted by atomic mass is 35.5. The molecule has 0 saturated heterocycles. The minimum Gasteiger partial charge on any atom is -0.368 e. The fourth-order valence-corrected chi connectivity index (χ4v) is 2.18. The van der Waals surface area contributed by atoms with E-state index in [9.17, 15) is 0 Å². The number of nitrogens with zero attached hydrogens (tertiary/aromatic N) is 3. The van der Waals surface area contributed by atoms with Crippen molar-refractivity contribution in [2.75, 3.05) is 17.3 Å². The molecular weight excluding hydrogens is 305 g/mol. The second kappa shape index (κ2) is 6.27. The Bertz CT molecular complexity index is 579. The molecule has 0 unspecified atom stereocenters. The average molecular weight is 316 g/mol. The van der Waals surface area contributed by atoms with Crippen LogP contribution in [0.5, 0.6) is 0 Å². The van der Waals surface area contributed by atoms with Crippen LogP contribution in [0.25, 0.3) is 0 Å². The van der Waals surface area contributed by atoms with Gasteiger partial charge in [-0.15, -0.1) is 11.8 Å². The quantitative estimate of drug-likeness (QED) is 0.665. The van der Waals surface area contributed by atoms with Gasteiger partial charge >= 0.3 is 0 Å². The van der Waals surface area contributed by atoms with E-state index in [0.717, 1.165) is 10.6 Å². The third-order valence-electron chi connectivity index (χ3n) is 2.22. The van der Waals surface area contributed by atoms with Gasteiger partial charge in [-0.1, -0.05) is 35.3 Å². The molecule has 1 aromatic heterocycles. The van der Waals surface area contributed by atoms with Gasteiger partial charge in [0.2, 0.25) is 11.9 Å². The summed E-state index contributed by atoms with van der Waals surface area (Å²) >= 11 is 13.1. The Morgan fingerprint density at radius 2 is 1.95 bits per heavy atom. The first-order valence-corrected chi connectivity index (χ1v) is 7.39. The lowest BCUT2D eigenvalue weighted by atomic mass is 10.3. The topological polar surface area (TPSA) is 76.7 Å². The Kier molecular flexibility index (Phi) is 4.68. The fourth-order valence-electron chi connectivity index (χ4n) is 1.43. The lowest BCUT2D eigenvalue weighted by molar-refractivity contribution is 0.965. The van der Waals surface area contributed by atoms with Crippen LogP contribution in [0.4, 0.5) is 17.6 Å². The normalized spacial score (nSPS) is 10.7. The molecule has 3 N–H and O–H groups in total. The van der Waals surface area contributed by atoms with Crippen molar-refractivity contribution in [1.29, 1.82) is 0 Å². The molecule has 0 radical (unpaired) electrons. The number of nitrogens with one attached hydrogen (secondary N) is 1. The molecule has 0 atom stereocenters. The molecule has 1 heterocycles. The van der Waals surface area contributed by atoms with Crippen molar-refractivity contribution in [3.63, 3.8) is 0 Å². The van der Waals surface area contributed by atoms with Crippen LogP contribution in [0, 0.1) is 0 Å². The fraction of sp³-hybridized carbons (Fsp3) is 0.182. The van der Waals surface area contributed by atoms with Crippen molar-refractivity contribution in [2.45, 2.75) is 9.73 Å². The molecule has 0 bridgehead atoms. The van der Waals surface area contributed by atoms with E-state index in [-0.39, 0.29) is 11.8 Å². The molecule has 5 nitrogen and oxygen atoms in total. The van der Waals surface area contributed by atoms with Crippen molar-refractivity contribution >= 4 is 52.5 Å². The smallest absolute Gasteiger partial charge is 0.232 e. The molecule has 0 saturated carbocycles. The number of thioether (sulfide) groups is 1. The number of anilines is 3. The number of benzene rings is 1. The third-order valence-corrected chi connectivity index (χ3v) is 3.40. The molecule has 19 heavy (non-hydrogen) atoms. The highest BCUT2D eigenvalue weighted by molar-refractivity contribution is 7.98. The molecule has 1 aromatic carbocycles. The van der Waals surface area contributed by atoms with E-state index in [1.807, 2.05) is 30.5 Å². The zero-order valence-electron chi connectivity index (χ0n) is 9.97. The largest absolute Gasteiger partial charge is 0.368 e. The molecule has 0 fully saturated rings. The van der Waals surface area contributed by atoms with Crippen LogP contribution >= 0.6 is 35.0 Å². The molecule has 2 rings (SSSR count). The number of halogens is 2. The Morgan fingerprint density at radius 3 is 2.63 bits per heavy atom. The van der Waals surface area contributed by atoms with Gasteiger partial charge in [0.15, 0.2) is 10.7 Å². The van der Waals surface area contributed by atoms with E-state index in [4.69, 9.17) is 28.9 Å². The minimum absolute atomic E-state index is 0.0698. The standard InChI is InChI=1S/C11H11Cl2N5S/c1-19-7-5-3-2-4-6(7)15-11-17-9(8(12)13)16-10(14)18-11/h2-5,8H,1H3,(H3,14,15,16,17,18). The Balaban J connectivity index is 2.32. The molecule has 0 aliphatic rings. The van der Waals surface area contributed by atoms with Crippen molar-refractivity contribution in [3.8, 4) is 0 Å². The predicted molar refractivity (Wildman–Crippen MR) is 80.2 cm³/mol. The summed E-state index contributed by atoms with van der Waals surface area (Å²) in [5.74, 6) is 0.607. The monoisotopic (exact) mass is 315 g/mol. The second-order valence-corrected chi connectivity index (χ2v) is 5.45. The highest BCUT2D eigenvalue weighted by Gasteiger charge is 2.12. The summed E-state index contributed by atoms with van der Waals surface area (Å²) < 4.78 is 0. The molecule has 8 heteroatoms. The van der Waals surface area contributed by atoms with Crippen molar-refractivity contribution < 1.29 is 0 Å². The summed E-state index contributed by atoms with van der Waals surface area (Å²) in [6.45, 7) is 0. The summed E-state index contributed by atoms with van der Waals surface area (Å²) in [5.41, 5.74) is 6.48. The van der Waals surface area contributed by atoms with Crippen LogP contribution in [0.2, 0.25) is 0 Å². The molecule has 0 amide bonds. The summed E-state index contributed by atoms with van der Waals surface area (Å²) in [5, 5.41) is 3.08. The number of alkyl halides is 2. The zero-order valence-corrected chi connectivity index (χ0v) is 12.3. The van der Waals surface area contributed by atoms with Crippen LogP contribution in [-0.2, 0) is 0 Å². The van der Waals surface area contributed by atoms with E-state index in [1.165, 1.54) is 0 Å². The number of aromatic nitrogens is 3. The molecular formula is C11H11Cl2N5S. The first kappa shape index (κ1) is 14.2. The van der Waals surface area contributed by atoms with Crippen LogP contribution in [-0.4, -0.2) is 21.2 Å². The van der Waals surface area contributed by atoms with Crippen molar-refractivity contribution in [3.05, 3.63) is 30.1 Å². The molecule has 100 valence electrons. The van der Waals surface area contributed by atoms with Crippen molar-refractivity contribution in [1.82, 2.24) is 15.0 Å². The maximum Gasteiger partial charge on any atom is 0.232 e. The summed E-state index contributed by atoms with van der Waals surface area (Å²) in [6.07, 6.45) is 1.99. The number of para-hydroxylation sites is 1. The van der Waals surface area contributed by atoms with Crippen molar-refractivity contribution in [2.24, 2.45) is 0 Å². The number of hydrogen-bond donors (Lipinski definition) is 2. The lowest BCUT2D eigenvalue weighted by Crippen LogP contribution is -2.07. The molecule has 2 aromatic rings. The van der Waals surface area contributed by atoms with Crippen LogP contribution in [0.15, 0.2) is 29.2 Å². The van der Waals surface area contributed by atoms with E-state index in [1.54, 1.807) is 11.8 Å². The van der Waals surface area contributed by atoms with Gasteiger partial charge in [-0.2, -0.15) is 15.0 Å². The number of hydrogen-bond acceptors (Lipinski definition) is 6. The van der Waals surface area contributed by atoms with Crippen LogP contribution < -0.4 is 11.1 Å². The third kappa shape index (κ3) is 3.62. The molecule has 0 aliphatic heterocycles. The Labute approximate surface area is 124 Å². The number of nitrogens with two attached hydrogens (primary N) is 1. The number of nitrogen functional groups attached to an aromatic ring is 1. The Morgan fingerprint density at radius 1 is 1.21 bits per heavy atom. The van der Waals surface area contributed by atoms with Gasteiger partial charge in [0.25, 0.3) is 0 Å². The summed E-state index contributed by atoms with van der Waals surface area (Å²) in [7, 11) is 0. The van der Waals surface area contributed by atoms with E-state index < -0.39 is 4.84 Å². The van der Waals surface area contributed by atoms with Crippen LogP contribution in [0.3, 0.4) is 0 Å². The van der Waals surface area contributed by atoms with Gasteiger partial charge in [0.1, 0.15) is 0 Å². The van der Waals surface area contributed by atoms with Crippen LogP contribution in [0.1, 0.15) is 10.7 Å². The van der Waals surface area contributed by atoms with Gasteiger partial charge in [0.05, 0.1) is 5.69 Å². The predicted octanol–water partition coefficient (Wildman–Crippen LogP) is 3.40. The first-order chi connectivity index (χ1) is 9.10. The lowest BCUT2D eigenvalue weighted by Gasteiger charge is -2.10. The van der Waals surface area contributed by atoms with Gasteiger partial charge in [-0.05, 0) is 18.4 Å². The van der Waals surface area contributed by atoms with Gasteiger partial charge < -0.3 is 11.1 Å². The minimum atomic E-state index is -0.846. The highest BCUT2D eigenvalue weighted by Crippen LogP contribution is 2.28. The first-order valence-electron chi connectivity index (χ1n) is 5.30. The second-order valence-electron chi connectivity index (χ2n) is 3.50. The molecule has 0 spiro atoms. The maximum absolute atomic E-state index is 5.73. The van der Waals surface area contributed by atoms with Gasteiger partial charge in [0, 0.05) is 4.90 Å². The SMILES string of the molecule is CSc1ccccc1Nc1nc(N)nc(C(Cl)Cl)n1. The van der Waals surface area contributed by atoms with E-state index >= 15 is 0 Å². The summed E-state index contributed by atoms with van der Waals surface area (Å²) in [6, 6.07) is 7.78.